The van der Waals surface area contributed by atoms with Crippen molar-refractivity contribution in [3.63, 3.8) is 0 Å². The molecule has 216 valence electrons. The maximum atomic E-state index is 12.4. The first-order chi connectivity index (χ1) is 19.0. The molecule has 0 unspecified atom stereocenters. The van der Waals surface area contributed by atoms with Crippen LogP contribution in [0.5, 0.6) is 5.75 Å². The second kappa shape index (κ2) is 14.1. The number of benzene rings is 1. The third-order valence-corrected chi connectivity index (χ3v) is 11.2. The third-order valence-electron chi connectivity index (χ3n) is 6.63. The zero-order valence-electron chi connectivity index (χ0n) is 24.1. The Balaban J connectivity index is 1.50. The van der Waals surface area contributed by atoms with Gasteiger partial charge in [0, 0.05) is 25.8 Å². The lowest BCUT2D eigenvalue weighted by atomic mass is 10.1. The van der Waals surface area contributed by atoms with Gasteiger partial charge >= 0.3 is 12.2 Å². The first kappa shape index (κ1) is 30.9. The van der Waals surface area contributed by atoms with Crippen LogP contribution >= 0.6 is 0 Å². The van der Waals surface area contributed by atoms with Gasteiger partial charge in [-0.15, -0.1) is 0 Å². The number of methoxy groups -OCH3 is 1. The average molecular weight is 570 g/mol. The Morgan fingerprint density at radius 1 is 0.950 bits per heavy atom. The average Bonchev–Trinajstić information content (AvgIpc) is 2.90. The highest BCUT2D eigenvalue weighted by Gasteiger charge is 2.36. The molecule has 2 heterocycles. The number of ether oxygens (including phenoxy) is 3. The molecule has 0 fully saturated rings. The predicted octanol–water partition coefficient (Wildman–Crippen LogP) is 5.78. The lowest BCUT2D eigenvalue weighted by molar-refractivity contribution is 0.0685. The normalized spacial score (nSPS) is 11.8. The molecule has 0 aliphatic heterocycles. The van der Waals surface area contributed by atoms with Crippen molar-refractivity contribution in [1.82, 2.24) is 20.3 Å². The van der Waals surface area contributed by atoms with Gasteiger partial charge in [0.05, 0.1) is 18.5 Å². The quantitative estimate of drug-likeness (QED) is 0.120. The van der Waals surface area contributed by atoms with Crippen LogP contribution in [-0.4, -0.2) is 68.9 Å². The molecule has 11 nitrogen and oxygen atoms in total. The molecule has 0 atom stereocenters. The monoisotopic (exact) mass is 569 g/mol. The Morgan fingerprint density at radius 3 is 2.40 bits per heavy atom. The van der Waals surface area contributed by atoms with E-state index < -0.39 is 14.5 Å². The summed E-state index contributed by atoms with van der Waals surface area (Å²) in [5.41, 5.74) is 2.32. The molecule has 40 heavy (non-hydrogen) atoms. The largest absolute Gasteiger partial charge is 0.513 e. The molecule has 0 radical (unpaired) electrons. The lowest BCUT2D eigenvalue weighted by Gasteiger charge is -2.36. The van der Waals surface area contributed by atoms with E-state index in [1.165, 1.54) is 7.11 Å². The number of carbonyl (C=O) groups excluding carboxylic acids is 2. The zero-order valence-corrected chi connectivity index (χ0v) is 25.1. The number of rotatable bonds is 12. The number of unbranched alkanes of at least 4 members (excludes halogenated alkanes) is 1. The number of anilines is 1. The number of hydrogen-bond donors (Lipinski definition) is 2. The van der Waals surface area contributed by atoms with Crippen LogP contribution in [0.2, 0.25) is 18.1 Å². The fourth-order valence-electron chi connectivity index (χ4n) is 3.27. The van der Waals surface area contributed by atoms with Gasteiger partial charge in [0.15, 0.2) is 14.0 Å². The molecule has 0 spiro atoms. The van der Waals surface area contributed by atoms with Crippen molar-refractivity contribution in [2.75, 3.05) is 38.8 Å². The Labute approximate surface area is 236 Å². The van der Waals surface area contributed by atoms with Gasteiger partial charge in [-0.25, -0.2) is 19.6 Å². The zero-order chi connectivity index (χ0) is 29.2. The summed E-state index contributed by atoms with van der Waals surface area (Å²) in [6.45, 7) is 12.8. The van der Waals surface area contributed by atoms with E-state index in [1.807, 2.05) is 0 Å². The van der Waals surface area contributed by atoms with Crippen molar-refractivity contribution in [1.29, 1.82) is 0 Å². The predicted molar refractivity (Wildman–Crippen MR) is 156 cm³/mol. The number of urea groups is 1. The molecule has 0 aliphatic rings. The minimum Gasteiger partial charge on any atom is -0.432 e. The topological polar surface area (TPSA) is 134 Å². The highest BCUT2D eigenvalue weighted by Crippen LogP contribution is 2.36. The smallest absolute Gasteiger partial charge is 0.432 e. The lowest BCUT2D eigenvalue weighted by Crippen LogP contribution is -2.41. The van der Waals surface area contributed by atoms with E-state index in [0.29, 0.717) is 41.6 Å². The maximum absolute atomic E-state index is 12.4. The highest BCUT2D eigenvalue weighted by atomic mass is 28.4. The van der Waals surface area contributed by atoms with Gasteiger partial charge in [0.2, 0.25) is 0 Å². The first-order valence-corrected chi connectivity index (χ1v) is 16.2. The van der Waals surface area contributed by atoms with E-state index >= 15 is 0 Å². The Bertz CT molecular complexity index is 1280. The summed E-state index contributed by atoms with van der Waals surface area (Å²) in [5, 5.41) is 5.79. The number of nitrogens with one attached hydrogen (secondary N) is 2. The van der Waals surface area contributed by atoms with Crippen LogP contribution in [0.25, 0.3) is 22.4 Å². The second-order valence-corrected chi connectivity index (χ2v) is 15.5. The summed E-state index contributed by atoms with van der Waals surface area (Å²) in [6, 6.07) is 9.86. The van der Waals surface area contributed by atoms with E-state index in [1.54, 1.807) is 42.6 Å². The van der Waals surface area contributed by atoms with E-state index in [-0.39, 0.29) is 24.3 Å². The fraction of sp³-hybridized carbons (Fsp3) is 0.464. The van der Waals surface area contributed by atoms with Gasteiger partial charge in [-0.1, -0.05) is 20.8 Å². The molecule has 0 saturated heterocycles. The van der Waals surface area contributed by atoms with Crippen LogP contribution in [0, 0.1) is 0 Å². The number of fused-ring (bicyclic) bond motifs is 1. The van der Waals surface area contributed by atoms with Crippen LogP contribution in [-0.2, 0) is 13.9 Å². The molecule has 0 saturated carbocycles. The molecular formula is C28H39N5O6Si. The highest BCUT2D eigenvalue weighted by molar-refractivity contribution is 6.74. The van der Waals surface area contributed by atoms with E-state index in [0.717, 1.165) is 18.4 Å². The molecule has 1 aromatic carbocycles. The summed E-state index contributed by atoms with van der Waals surface area (Å²) in [4.78, 5) is 37.5. The molecule has 2 N–H and O–H groups in total. The van der Waals surface area contributed by atoms with Gasteiger partial charge in [-0.3, -0.25) is 10.3 Å². The molecule has 12 heteroatoms. The van der Waals surface area contributed by atoms with Gasteiger partial charge in [0.1, 0.15) is 23.7 Å². The van der Waals surface area contributed by atoms with Gasteiger partial charge < -0.3 is 24.0 Å². The summed E-state index contributed by atoms with van der Waals surface area (Å²) in [7, 11) is -0.229. The van der Waals surface area contributed by atoms with E-state index in [9.17, 15) is 9.59 Å². The summed E-state index contributed by atoms with van der Waals surface area (Å²) in [6.07, 6.45) is 2.53. The van der Waals surface area contributed by atoms with Crippen molar-refractivity contribution in [2.24, 2.45) is 0 Å². The Kier molecular flexibility index (Phi) is 10.9. The number of carbonyl (C=O) groups is 2. The van der Waals surface area contributed by atoms with Crippen molar-refractivity contribution < 1.29 is 28.2 Å². The van der Waals surface area contributed by atoms with Crippen LogP contribution < -0.4 is 15.4 Å². The number of amides is 2. The molecule has 2 aromatic heterocycles. The van der Waals surface area contributed by atoms with Crippen LogP contribution in [0.3, 0.4) is 0 Å². The number of pyridine rings is 1. The molecular weight excluding hydrogens is 530 g/mol. The third kappa shape index (κ3) is 9.25. The number of hydrogen-bond acceptors (Lipinski definition) is 9. The standard InChI is InChI=1S/C28H39N5O6Si/c1-28(2,3)40(5,6)38-16-8-7-15-29-26(34)33-24-14-13-22-25(32-24)31-23(19-30-22)20-9-11-21(12-10-20)39-27(35)37-18-17-36-4/h9-14,19H,7-8,15-18H2,1-6H3,(H2,29,31,32,33,34). The minimum absolute atomic E-state index is 0.110. The summed E-state index contributed by atoms with van der Waals surface area (Å²) in [5.74, 6) is 0.701. The van der Waals surface area contributed by atoms with Crippen LogP contribution in [0.4, 0.5) is 15.4 Å². The van der Waals surface area contributed by atoms with Gasteiger partial charge in [-0.2, -0.15) is 0 Å². The van der Waals surface area contributed by atoms with E-state index in [4.69, 9.17) is 18.6 Å². The SMILES string of the molecule is COCCOC(=O)Oc1ccc(-c2cnc3ccc(NC(=O)NCCCCO[Si](C)(C)C(C)(C)C)nc3n2)cc1. The number of aromatic nitrogens is 3. The molecule has 0 bridgehead atoms. The van der Waals surface area contributed by atoms with Crippen molar-refractivity contribution in [2.45, 2.75) is 51.7 Å². The van der Waals surface area contributed by atoms with Gasteiger partial charge in [0.25, 0.3) is 0 Å². The molecule has 0 aliphatic carbocycles. The Hall–Kier alpha value is -3.61. The fourth-order valence-corrected chi connectivity index (χ4v) is 4.36. The second-order valence-electron chi connectivity index (χ2n) is 10.7. The van der Waals surface area contributed by atoms with Crippen molar-refractivity contribution in [3.8, 4) is 17.0 Å². The van der Waals surface area contributed by atoms with Crippen LogP contribution in [0.15, 0.2) is 42.6 Å². The van der Waals surface area contributed by atoms with E-state index in [2.05, 4.69) is 59.5 Å². The van der Waals surface area contributed by atoms with Gasteiger partial charge in [-0.05, 0) is 67.4 Å². The molecule has 3 rings (SSSR count). The Morgan fingerprint density at radius 2 is 1.70 bits per heavy atom. The first-order valence-electron chi connectivity index (χ1n) is 13.2. The summed E-state index contributed by atoms with van der Waals surface area (Å²) < 4.78 is 21.0. The molecule has 3 aromatic rings. The van der Waals surface area contributed by atoms with Crippen molar-refractivity contribution >= 4 is 37.5 Å². The minimum atomic E-state index is -1.75. The summed E-state index contributed by atoms with van der Waals surface area (Å²) >= 11 is 0. The maximum Gasteiger partial charge on any atom is 0.513 e. The molecule has 2 amide bonds. The van der Waals surface area contributed by atoms with Crippen molar-refractivity contribution in [3.05, 3.63) is 42.6 Å². The number of nitrogens with zero attached hydrogens (tertiary/aromatic N) is 3. The van der Waals surface area contributed by atoms with Crippen LogP contribution in [0.1, 0.15) is 33.6 Å².